The maximum absolute atomic E-state index is 11.1. The van der Waals surface area contributed by atoms with E-state index in [1.54, 1.807) is 0 Å². The first-order valence-electron chi connectivity index (χ1n) is 6.39. The summed E-state index contributed by atoms with van der Waals surface area (Å²) in [5, 5.41) is 3.20. The van der Waals surface area contributed by atoms with Gasteiger partial charge in [0.1, 0.15) is 5.60 Å². The van der Waals surface area contributed by atoms with Crippen LogP contribution >= 0.6 is 0 Å². The summed E-state index contributed by atoms with van der Waals surface area (Å²) < 4.78 is 9.46. The highest BCUT2D eigenvalue weighted by molar-refractivity contribution is 5.72. The molecule has 18 heavy (non-hydrogen) atoms. The predicted molar refractivity (Wildman–Crippen MR) is 69.1 cm³/mol. The van der Waals surface area contributed by atoms with Gasteiger partial charge in [-0.2, -0.15) is 0 Å². The molecule has 0 saturated carbocycles. The van der Waals surface area contributed by atoms with Gasteiger partial charge >= 0.3 is 5.97 Å². The molecule has 0 aromatic carbocycles. The summed E-state index contributed by atoms with van der Waals surface area (Å²) in [4.78, 5) is 20.7. The maximum Gasteiger partial charge on any atom is 0.309 e. The third kappa shape index (κ3) is 8.98. The number of piperidine rings is 1. The molecule has 0 unspecified atom stereocenters. The number of esters is 1. The second kappa shape index (κ2) is 8.91. The minimum absolute atomic E-state index is 0.0194. The molecule has 1 saturated heterocycles. The molecular formula is C13H25NO4. The molecule has 1 rings (SSSR count). The van der Waals surface area contributed by atoms with Gasteiger partial charge in [-0.1, -0.05) is 0 Å². The van der Waals surface area contributed by atoms with Crippen molar-refractivity contribution in [3.8, 4) is 0 Å². The minimum atomic E-state index is -0.318. The molecule has 1 N–H and O–H groups in total. The molecular weight excluding hydrogens is 234 g/mol. The zero-order chi connectivity index (χ0) is 14.0. The molecule has 106 valence electrons. The van der Waals surface area contributed by atoms with Crippen molar-refractivity contribution in [2.45, 2.75) is 46.1 Å². The lowest BCUT2D eigenvalue weighted by Gasteiger charge is -2.20. The molecule has 5 nitrogen and oxygen atoms in total. The summed E-state index contributed by atoms with van der Waals surface area (Å²) in [6.07, 6.45) is 1.86. The first-order valence-corrected chi connectivity index (χ1v) is 6.39. The highest BCUT2D eigenvalue weighted by Crippen LogP contribution is 2.12. The summed E-state index contributed by atoms with van der Waals surface area (Å²) in [5.74, 6) is 0.130. The summed E-state index contributed by atoms with van der Waals surface area (Å²) in [6, 6.07) is 0. The van der Waals surface area contributed by atoms with Crippen molar-refractivity contribution in [3.05, 3.63) is 0 Å². The Balaban J connectivity index is 0.000000360. The lowest BCUT2D eigenvalue weighted by Crippen LogP contribution is -2.32. The molecule has 0 aromatic rings. The van der Waals surface area contributed by atoms with E-state index in [2.05, 4.69) is 10.1 Å². The van der Waals surface area contributed by atoms with Crippen molar-refractivity contribution in [1.82, 2.24) is 5.32 Å². The minimum Gasteiger partial charge on any atom is -0.466 e. The summed E-state index contributed by atoms with van der Waals surface area (Å²) in [5.41, 5.74) is -0.318. The standard InChI is InChI=1S/C8H15NO2.C5H10O2/c1-2-11-8(10)7-3-5-9-6-4-7;1-5(2,3)7-4-6/h7,9H,2-6H2,1H3;4H,1-3H3. The molecule has 0 aliphatic carbocycles. The van der Waals surface area contributed by atoms with Crippen LogP contribution < -0.4 is 5.32 Å². The zero-order valence-electron chi connectivity index (χ0n) is 11.8. The van der Waals surface area contributed by atoms with E-state index in [1.165, 1.54) is 0 Å². The lowest BCUT2D eigenvalue weighted by atomic mass is 9.99. The van der Waals surface area contributed by atoms with E-state index in [0.717, 1.165) is 25.9 Å². The van der Waals surface area contributed by atoms with E-state index < -0.39 is 0 Å². The van der Waals surface area contributed by atoms with Crippen LogP contribution in [0.4, 0.5) is 0 Å². The van der Waals surface area contributed by atoms with Crippen LogP contribution in [0.2, 0.25) is 0 Å². The molecule has 5 heteroatoms. The number of hydrogen-bond donors (Lipinski definition) is 1. The number of ether oxygens (including phenoxy) is 2. The van der Waals surface area contributed by atoms with Gasteiger partial charge in [0.2, 0.25) is 0 Å². The highest BCUT2D eigenvalue weighted by Gasteiger charge is 2.21. The molecule has 0 atom stereocenters. The van der Waals surface area contributed by atoms with Gasteiger partial charge in [-0.05, 0) is 53.6 Å². The molecule has 0 amide bonds. The van der Waals surface area contributed by atoms with Crippen molar-refractivity contribution in [2.75, 3.05) is 19.7 Å². The van der Waals surface area contributed by atoms with Crippen molar-refractivity contribution in [1.29, 1.82) is 0 Å². The average Bonchev–Trinajstić information content (AvgIpc) is 2.30. The van der Waals surface area contributed by atoms with Crippen LogP contribution in [0.1, 0.15) is 40.5 Å². The van der Waals surface area contributed by atoms with E-state index >= 15 is 0 Å². The van der Waals surface area contributed by atoms with Crippen molar-refractivity contribution >= 4 is 12.4 Å². The molecule has 1 aliphatic heterocycles. The molecule has 1 aliphatic rings. The molecule has 0 bridgehead atoms. The monoisotopic (exact) mass is 259 g/mol. The lowest BCUT2D eigenvalue weighted by molar-refractivity contribution is -0.148. The smallest absolute Gasteiger partial charge is 0.309 e. The van der Waals surface area contributed by atoms with Crippen LogP contribution in [0.5, 0.6) is 0 Å². The normalized spacial score (nSPS) is 16.2. The topological polar surface area (TPSA) is 64.6 Å². The zero-order valence-corrected chi connectivity index (χ0v) is 11.8. The van der Waals surface area contributed by atoms with Gasteiger partial charge in [0, 0.05) is 0 Å². The molecule has 1 fully saturated rings. The largest absolute Gasteiger partial charge is 0.466 e. The quantitative estimate of drug-likeness (QED) is 0.615. The van der Waals surface area contributed by atoms with Crippen molar-refractivity contribution < 1.29 is 19.1 Å². The maximum atomic E-state index is 11.1. The average molecular weight is 259 g/mol. The summed E-state index contributed by atoms with van der Waals surface area (Å²) >= 11 is 0. The Bertz CT molecular complexity index is 242. The van der Waals surface area contributed by atoms with E-state index in [4.69, 9.17) is 4.74 Å². The third-order valence-electron chi connectivity index (χ3n) is 2.36. The van der Waals surface area contributed by atoms with Gasteiger partial charge in [-0.15, -0.1) is 0 Å². The molecule has 0 spiro atoms. The van der Waals surface area contributed by atoms with Crippen LogP contribution in [0, 0.1) is 5.92 Å². The Morgan fingerprint density at radius 2 is 1.89 bits per heavy atom. The SMILES string of the molecule is CC(C)(C)OC=O.CCOC(=O)C1CCNCC1. The van der Waals surface area contributed by atoms with Crippen LogP contribution in [-0.4, -0.2) is 37.7 Å². The Kier molecular flexibility index (Phi) is 8.37. The van der Waals surface area contributed by atoms with Gasteiger partial charge in [-0.25, -0.2) is 0 Å². The Labute approximate surface area is 109 Å². The second-order valence-electron chi connectivity index (χ2n) is 5.10. The first-order chi connectivity index (χ1) is 8.40. The number of carbonyl (C=O) groups excluding carboxylic acids is 2. The van der Waals surface area contributed by atoms with Gasteiger partial charge in [0.25, 0.3) is 6.47 Å². The van der Waals surface area contributed by atoms with E-state index in [-0.39, 0.29) is 17.5 Å². The summed E-state index contributed by atoms with van der Waals surface area (Å²) in [7, 11) is 0. The molecule has 0 radical (unpaired) electrons. The first kappa shape index (κ1) is 16.9. The second-order valence-corrected chi connectivity index (χ2v) is 5.10. The van der Waals surface area contributed by atoms with Gasteiger partial charge in [0.05, 0.1) is 12.5 Å². The third-order valence-corrected chi connectivity index (χ3v) is 2.36. The van der Waals surface area contributed by atoms with Crippen LogP contribution in [-0.2, 0) is 19.1 Å². The highest BCUT2D eigenvalue weighted by atomic mass is 16.5. The van der Waals surface area contributed by atoms with E-state index in [1.807, 2.05) is 27.7 Å². The number of rotatable bonds is 3. The predicted octanol–water partition coefficient (Wildman–Crippen LogP) is 1.51. The van der Waals surface area contributed by atoms with Crippen LogP contribution in [0.3, 0.4) is 0 Å². The van der Waals surface area contributed by atoms with Gasteiger partial charge in [-0.3, -0.25) is 9.59 Å². The van der Waals surface area contributed by atoms with Gasteiger partial charge < -0.3 is 14.8 Å². The number of hydrogen-bond acceptors (Lipinski definition) is 5. The summed E-state index contributed by atoms with van der Waals surface area (Å²) in [6.45, 7) is 10.2. The molecule has 1 heterocycles. The Hall–Kier alpha value is -1.10. The van der Waals surface area contributed by atoms with Crippen molar-refractivity contribution in [3.63, 3.8) is 0 Å². The Morgan fingerprint density at radius 1 is 1.33 bits per heavy atom. The fourth-order valence-electron chi connectivity index (χ4n) is 1.46. The van der Waals surface area contributed by atoms with E-state index in [0.29, 0.717) is 13.1 Å². The Morgan fingerprint density at radius 3 is 2.22 bits per heavy atom. The fourth-order valence-corrected chi connectivity index (χ4v) is 1.46. The molecule has 0 aromatic heterocycles. The fraction of sp³-hybridized carbons (Fsp3) is 0.846. The van der Waals surface area contributed by atoms with Crippen LogP contribution in [0.15, 0.2) is 0 Å². The van der Waals surface area contributed by atoms with Crippen LogP contribution in [0.25, 0.3) is 0 Å². The van der Waals surface area contributed by atoms with E-state index in [9.17, 15) is 9.59 Å². The number of carbonyl (C=O) groups is 2. The van der Waals surface area contributed by atoms with Gasteiger partial charge in [0.15, 0.2) is 0 Å². The van der Waals surface area contributed by atoms with Crippen molar-refractivity contribution in [2.24, 2.45) is 5.92 Å². The number of nitrogens with one attached hydrogen (secondary N) is 1.